The molecule has 2 N–H and O–H groups in total. The fourth-order valence-corrected chi connectivity index (χ4v) is 3.14. The predicted octanol–water partition coefficient (Wildman–Crippen LogP) is 1.99. The molecule has 2 atom stereocenters. The highest BCUT2D eigenvalue weighted by Gasteiger charge is 2.47. The Morgan fingerprint density at radius 3 is 2.43 bits per heavy atom. The molecule has 2 heteroatoms. The normalized spacial score (nSPS) is 39.9. The van der Waals surface area contributed by atoms with Gasteiger partial charge in [-0.25, -0.2) is 0 Å². The number of rotatable bonds is 0. The van der Waals surface area contributed by atoms with E-state index in [-0.39, 0.29) is 0 Å². The summed E-state index contributed by atoms with van der Waals surface area (Å²) in [5.41, 5.74) is 7.06. The van der Waals surface area contributed by atoms with E-state index in [1.54, 1.807) is 0 Å². The SMILES string of the molecule is CC(C)(C)N1CCC2(CCCC2N)C1. The van der Waals surface area contributed by atoms with E-state index in [1.807, 2.05) is 0 Å². The number of nitrogens with two attached hydrogens (primary N) is 1. The van der Waals surface area contributed by atoms with Crippen LogP contribution in [0.3, 0.4) is 0 Å². The number of nitrogens with zero attached hydrogens (tertiary/aromatic N) is 1. The van der Waals surface area contributed by atoms with Gasteiger partial charge in [0.05, 0.1) is 0 Å². The van der Waals surface area contributed by atoms with Crippen molar-refractivity contribution in [2.75, 3.05) is 13.1 Å². The Hall–Kier alpha value is -0.0800. The summed E-state index contributed by atoms with van der Waals surface area (Å²) < 4.78 is 0. The molecule has 0 amide bonds. The average Bonchev–Trinajstić information content (AvgIpc) is 2.61. The van der Waals surface area contributed by atoms with Gasteiger partial charge in [-0.3, -0.25) is 4.90 Å². The lowest BCUT2D eigenvalue weighted by molar-refractivity contribution is 0.144. The lowest BCUT2D eigenvalue weighted by Crippen LogP contribution is -2.44. The number of likely N-dealkylation sites (tertiary alicyclic amines) is 1. The summed E-state index contributed by atoms with van der Waals surface area (Å²) in [5.74, 6) is 0. The first-order valence-corrected chi connectivity index (χ1v) is 5.95. The molecule has 0 aromatic heterocycles. The van der Waals surface area contributed by atoms with Crippen molar-refractivity contribution in [1.82, 2.24) is 4.90 Å². The van der Waals surface area contributed by atoms with Crippen molar-refractivity contribution in [2.24, 2.45) is 11.1 Å². The molecule has 2 aliphatic rings. The van der Waals surface area contributed by atoms with Crippen LogP contribution >= 0.6 is 0 Å². The van der Waals surface area contributed by atoms with E-state index in [0.29, 0.717) is 17.0 Å². The van der Waals surface area contributed by atoms with E-state index in [0.717, 1.165) is 0 Å². The molecule has 82 valence electrons. The Morgan fingerprint density at radius 1 is 1.29 bits per heavy atom. The van der Waals surface area contributed by atoms with Gasteiger partial charge in [0.15, 0.2) is 0 Å². The summed E-state index contributed by atoms with van der Waals surface area (Å²) in [6.45, 7) is 9.42. The quantitative estimate of drug-likeness (QED) is 0.642. The first kappa shape index (κ1) is 10.4. The molecule has 0 aromatic carbocycles. The van der Waals surface area contributed by atoms with Gasteiger partial charge in [-0.15, -0.1) is 0 Å². The second-order valence-corrected chi connectivity index (χ2v) is 6.20. The average molecular weight is 196 g/mol. The van der Waals surface area contributed by atoms with Crippen molar-refractivity contribution in [1.29, 1.82) is 0 Å². The van der Waals surface area contributed by atoms with E-state index in [2.05, 4.69) is 25.7 Å². The van der Waals surface area contributed by atoms with Crippen LogP contribution in [0.15, 0.2) is 0 Å². The highest BCUT2D eigenvalue weighted by atomic mass is 15.2. The minimum Gasteiger partial charge on any atom is -0.327 e. The van der Waals surface area contributed by atoms with Crippen LogP contribution in [0.2, 0.25) is 0 Å². The molecule has 1 aliphatic heterocycles. The molecule has 0 bridgehead atoms. The second-order valence-electron chi connectivity index (χ2n) is 6.20. The maximum absolute atomic E-state index is 6.25. The van der Waals surface area contributed by atoms with Crippen molar-refractivity contribution < 1.29 is 0 Å². The minimum atomic E-state index is 0.325. The van der Waals surface area contributed by atoms with Crippen LogP contribution in [-0.2, 0) is 0 Å². The van der Waals surface area contributed by atoms with E-state index >= 15 is 0 Å². The molecule has 1 heterocycles. The molecule has 0 radical (unpaired) electrons. The van der Waals surface area contributed by atoms with Gasteiger partial charge in [0.2, 0.25) is 0 Å². The van der Waals surface area contributed by atoms with E-state index in [4.69, 9.17) is 5.73 Å². The molecular formula is C12H24N2. The second kappa shape index (κ2) is 3.21. The smallest absolute Gasteiger partial charge is 0.0125 e. The maximum Gasteiger partial charge on any atom is 0.0125 e. The topological polar surface area (TPSA) is 29.3 Å². The van der Waals surface area contributed by atoms with E-state index in [1.165, 1.54) is 38.8 Å². The number of hydrogen-bond donors (Lipinski definition) is 1. The molecule has 0 aromatic rings. The van der Waals surface area contributed by atoms with Gasteiger partial charge in [0.25, 0.3) is 0 Å². The van der Waals surface area contributed by atoms with Crippen LogP contribution < -0.4 is 5.73 Å². The molecule has 2 unspecified atom stereocenters. The lowest BCUT2D eigenvalue weighted by atomic mass is 9.82. The fraction of sp³-hybridized carbons (Fsp3) is 1.00. The van der Waals surface area contributed by atoms with Crippen LogP contribution in [0, 0.1) is 5.41 Å². The van der Waals surface area contributed by atoms with Crippen LogP contribution in [-0.4, -0.2) is 29.6 Å². The first-order chi connectivity index (χ1) is 6.44. The fourth-order valence-electron chi connectivity index (χ4n) is 3.14. The van der Waals surface area contributed by atoms with E-state index < -0.39 is 0 Å². The summed E-state index contributed by atoms with van der Waals surface area (Å²) in [5, 5.41) is 0. The molecule has 1 saturated carbocycles. The molecule has 1 saturated heterocycles. The van der Waals surface area contributed by atoms with Gasteiger partial charge in [0.1, 0.15) is 0 Å². The zero-order chi connectivity index (χ0) is 10.4. The Labute approximate surface area is 87.8 Å². The molecular weight excluding hydrogens is 172 g/mol. The highest BCUT2D eigenvalue weighted by Crippen LogP contribution is 2.46. The zero-order valence-electron chi connectivity index (χ0n) is 9.84. The molecule has 1 aliphatic carbocycles. The summed E-state index contributed by atoms with van der Waals surface area (Å²) in [6.07, 6.45) is 5.28. The van der Waals surface area contributed by atoms with Gasteiger partial charge in [-0.05, 0) is 52.0 Å². The Balaban J connectivity index is 2.07. The van der Waals surface area contributed by atoms with Crippen molar-refractivity contribution in [3.63, 3.8) is 0 Å². The summed E-state index contributed by atoms with van der Waals surface area (Å²) in [6, 6.07) is 0.467. The van der Waals surface area contributed by atoms with Crippen LogP contribution in [0.25, 0.3) is 0 Å². The van der Waals surface area contributed by atoms with Crippen LogP contribution in [0.5, 0.6) is 0 Å². The van der Waals surface area contributed by atoms with Gasteiger partial charge >= 0.3 is 0 Å². The largest absolute Gasteiger partial charge is 0.327 e. The third kappa shape index (κ3) is 1.59. The third-order valence-electron chi connectivity index (χ3n) is 4.31. The third-order valence-corrected chi connectivity index (χ3v) is 4.31. The van der Waals surface area contributed by atoms with E-state index in [9.17, 15) is 0 Å². The zero-order valence-corrected chi connectivity index (χ0v) is 9.84. The summed E-state index contributed by atoms with van der Waals surface area (Å²) in [7, 11) is 0. The molecule has 2 rings (SSSR count). The van der Waals surface area contributed by atoms with Crippen molar-refractivity contribution in [2.45, 2.75) is 58.0 Å². The van der Waals surface area contributed by atoms with Crippen molar-refractivity contribution >= 4 is 0 Å². The van der Waals surface area contributed by atoms with Crippen molar-refractivity contribution in [3.05, 3.63) is 0 Å². The van der Waals surface area contributed by atoms with Gasteiger partial charge < -0.3 is 5.73 Å². The Kier molecular flexibility index (Phi) is 2.39. The van der Waals surface area contributed by atoms with Gasteiger partial charge in [-0.1, -0.05) is 6.42 Å². The Morgan fingerprint density at radius 2 is 2.00 bits per heavy atom. The molecule has 1 spiro atoms. The lowest BCUT2D eigenvalue weighted by Gasteiger charge is -2.35. The summed E-state index contributed by atoms with van der Waals surface area (Å²) in [4.78, 5) is 2.61. The standard InChI is InChI=1S/C12H24N2/c1-11(2,3)14-8-7-12(9-14)6-4-5-10(12)13/h10H,4-9,13H2,1-3H3. The Bertz CT molecular complexity index is 219. The molecule has 14 heavy (non-hydrogen) atoms. The minimum absolute atomic E-state index is 0.325. The molecule has 2 fully saturated rings. The van der Waals surface area contributed by atoms with Gasteiger partial charge in [0, 0.05) is 18.1 Å². The molecule has 2 nitrogen and oxygen atoms in total. The maximum atomic E-state index is 6.25. The van der Waals surface area contributed by atoms with Gasteiger partial charge in [-0.2, -0.15) is 0 Å². The first-order valence-electron chi connectivity index (χ1n) is 5.95. The van der Waals surface area contributed by atoms with Crippen molar-refractivity contribution in [3.8, 4) is 0 Å². The number of hydrogen-bond acceptors (Lipinski definition) is 2. The predicted molar refractivity (Wildman–Crippen MR) is 60.2 cm³/mol. The monoisotopic (exact) mass is 196 g/mol. The highest BCUT2D eigenvalue weighted by molar-refractivity contribution is 5.02. The van der Waals surface area contributed by atoms with Crippen LogP contribution in [0.4, 0.5) is 0 Å². The summed E-state index contributed by atoms with van der Waals surface area (Å²) >= 11 is 0. The van der Waals surface area contributed by atoms with Crippen LogP contribution in [0.1, 0.15) is 46.5 Å².